The molecule has 0 fully saturated rings. The molecule has 0 unspecified atom stereocenters. The molecule has 0 aliphatic rings. The smallest absolute Gasteiger partial charge is 0.251 e. The van der Waals surface area contributed by atoms with Gasteiger partial charge in [0.25, 0.3) is 5.91 Å². The Morgan fingerprint density at radius 3 is 2.40 bits per heavy atom. The first-order valence-corrected chi connectivity index (χ1v) is 10.3. The van der Waals surface area contributed by atoms with Crippen molar-refractivity contribution >= 4 is 21.7 Å². The molecule has 0 bridgehead atoms. The van der Waals surface area contributed by atoms with Gasteiger partial charge in [-0.2, -0.15) is 5.26 Å². The number of carbonyl (C=O) groups is 2. The molecule has 0 aromatic heterocycles. The third-order valence-corrected chi connectivity index (χ3v) is 5.46. The molecule has 0 aliphatic carbocycles. The molecule has 0 heterocycles. The highest BCUT2D eigenvalue weighted by Gasteiger charge is 2.29. The zero-order chi connectivity index (χ0) is 22.3. The molecule has 2 aromatic carbocycles. The van der Waals surface area contributed by atoms with Crippen LogP contribution in [0.2, 0.25) is 0 Å². The summed E-state index contributed by atoms with van der Waals surface area (Å²) in [6, 6.07) is 8.41. The van der Waals surface area contributed by atoms with Crippen LogP contribution in [0.25, 0.3) is 0 Å². The lowest BCUT2D eigenvalue weighted by Gasteiger charge is -2.18. The minimum atomic E-state index is -4.32. The number of hydrogen-bond acceptors (Lipinski definition) is 5. The van der Waals surface area contributed by atoms with Gasteiger partial charge in [0.15, 0.2) is 21.5 Å². The molecule has 2 amide bonds. The van der Waals surface area contributed by atoms with E-state index in [-0.39, 0.29) is 11.6 Å². The molecule has 1 atom stereocenters. The van der Waals surface area contributed by atoms with Crippen LogP contribution in [0.1, 0.15) is 15.9 Å². The Kier molecular flexibility index (Phi) is 7.54. The quantitative estimate of drug-likeness (QED) is 0.477. The van der Waals surface area contributed by atoms with Gasteiger partial charge in [0.05, 0.1) is 17.6 Å². The maximum Gasteiger partial charge on any atom is 0.251 e. The Morgan fingerprint density at radius 2 is 1.77 bits per heavy atom. The van der Waals surface area contributed by atoms with Crippen LogP contribution in [0.3, 0.4) is 0 Å². The van der Waals surface area contributed by atoms with Crippen LogP contribution in [0.4, 0.5) is 13.2 Å². The highest BCUT2D eigenvalue weighted by atomic mass is 32.2. The molecule has 0 saturated carbocycles. The normalized spacial score (nSPS) is 11.9. The zero-order valence-electron chi connectivity index (χ0n) is 15.4. The molecule has 0 aliphatic heterocycles. The summed E-state index contributed by atoms with van der Waals surface area (Å²) in [4.78, 5) is 24.5. The molecule has 2 N–H and O–H groups in total. The summed E-state index contributed by atoms with van der Waals surface area (Å²) in [5.41, 5.74) is -0.607. The van der Waals surface area contributed by atoms with Crippen molar-refractivity contribution in [1.29, 1.82) is 5.26 Å². The Morgan fingerprint density at radius 1 is 1.10 bits per heavy atom. The predicted molar refractivity (Wildman–Crippen MR) is 100 cm³/mol. The van der Waals surface area contributed by atoms with Gasteiger partial charge in [-0.15, -0.1) is 0 Å². The Bertz CT molecular complexity index is 1090. The summed E-state index contributed by atoms with van der Waals surface area (Å²) >= 11 is 0. The minimum Gasteiger partial charge on any atom is -0.341 e. The Balaban J connectivity index is 2.24. The van der Waals surface area contributed by atoms with Crippen molar-refractivity contribution < 1.29 is 31.2 Å². The zero-order valence-corrected chi connectivity index (χ0v) is 16.2. The Labute approximate surface area is 170 Å². The van der Waals surface area contributed by atoms with Gasteiger partial charge < -0.3 is 10.6 Å². The van der Waals surface area contributed by atoms with Crippen LogP contribution in [-0.4, -0.2) is 38.6 Å². The second-order valence-electron chi connectivity index (χ2n) is 6.18. The van der Waals surface area contributed by atoms with E-state index >= 15 is 0 Å². The van der Waals surface area contributed by atoms with Crippen molar-refractivity contribution in [2.75, 3.05) is 12.3 Å². The fourth-order valence-corrected chi connectivity index (χ4v) is 4.07. The van der Waals surface area contributed by atoms with Crippen molar-refractivity contribution in [3.63, 3.8) is 0 Å². The molecule has 0 saturated heterocycles. The number of hydrogen-bond donors (Lipinski definition) is 2. The first-order chi connectivity index (χ1) is 14.1. The largest absolute Gasteiger partial charge is 0.341 e. The highest BCUT2D eigenvalue weighted by Crippen LogP contribution is 2.17. The van der Waals surface area contributed by atoms with Crippen LogP contribution in [-0.2, 0) is 20.4 Å². The number of sulfone groups is 1. The van der Waals surface area contributed by atoms with E-state index < -0.39 is 68.8 Å². The van der Waals surface area contributed by atoms with Crippen LogP contribution < -0.4 is 10.6 Å². The van der Waals surface area contributed by atoms with Crippen molar-refractivity contribution in [2.24, 2.45) is 0 Å². The number of nitrogens with one attached hydrogen (secondary N) is 2. The lowest BCUT2D eigenvalue weighted by atomic mass is 10.2. The van der Waals surface area contributed by atoms with E-state index in [1.54, 1.807) is 24.3 Å². The fourth-order valence-electron chi connectivity index (χ4n) is 2.53. The van der Waals surface area contributed by atoms with Gasteiger partial charge in [-0.05, 0) is 18.2 Å². The molecule has 158 valence electrons. The second-order valence-corrected chi connectivity index (χ2v) is 8.29. The SMILES string of the molecule is N#CCNC(=O)[C@H](CS(=O)(=O)Cc1cc(F)cc(F)c1F)NC(=O)c1ccccc1. The lowest BCUT2D eigenvalue weighted by Crippen LogP contribution is -2.50. The van der Waals surface area contributed by atoms with Crippen molar-refractivity contribution in [1.82, 2.24) is 10.6 Å². The minimum absolute atomic E-state index is 0.145. The van der Waals surface area contributed by atoms with E-state index in [1.807, 2.05) is 0 Å². The summed E-state index contributed by atoms with van der Waals surface area (Å²) in [6.45, 7) is -0.444. The molecule has 7 nitrogen and oxygen atoms in total. The van der Waals surface area contributed by atoms with Crippen molar-refractivity contribution in [3.05, 3.63) is 71.0 Å². The molecule has 0 spiro atoms. The molecular weight excluding hydrogens is 423 g/mol. The molecule has 11 heteroatoms. The number of nitrogens with zero attached hydrogens (tertiary/aromatic N) is 1. The average Bonchev–Trinajstić information content (AvgIpc) is 2.69. The van der Waals surface area contributed by atoms with Gasteiger partial charge in [-0.3, -0.25) is 9.59 Å². The number of halogens is 3. The maximum absolute atomic E-state index is 13.8. The summed E-state index contributed by atoms with van der Waals surface area (Å²) in [7, 11) is -4.32. The van der Waals surface area contributed by atoms with Gasteiger partial charge in [0.2, 0.25) is 5.91 Å². The number of benzene rings is 2. The fraction of sp³-hybridized carbons (Fsp3) is 0.211. The van der Waals surface area contributed by atoms with Crippen molar-refractivity contribution in [2.45, 2.75) is 11.8 Å². The second kappa shape index (κ2) is 9.89. The van der Waals surface area contributed by atoms with Crippen LogP contribution in [0.15, 0.2) is 42.5 Å². The Hall–Kier alpha value is -3.39. The van der Waals surface area contributed by atoms with Crippen LogP contribution >= 0.6 is 0 Å². The third-order valence-electron chi connectivity index (χ3n) is 3.86. The third kappa shape index (κ3) is 6.31. The van der Waals surface area contributed by atoms with E-state index in [4.69, 9.17) is 5.26 Å². The molecule has 2 rings (SSSR count). The summed E-state index contributed by atoms with van der Waals surface area (Å²) in [5.74, 6) is -8.06. The van der Waals surface area contributed by atoms with Gasteiger partial charge >= 0.3 is 0 Å². The van der Waals surface area contributed by atoms with Gasteiger partial charge in [0.1, 0.15) is 18.4 Å². The number of nitriles is 1. The van der Waals surface area contributed by atoms with E-state index in [0.29, 0.717) is 6.07 Å². The number of rotatable bonds is 8. The molecule has 30 heavy (non-hydrogen) atoms. The van der Waals surface area contributed by atoms with Gasteiger partial charge in [0, 0.05) is 17.2 Å². The number of carbonyl (C=O) groups excluding carboxylic acids is 2. The molecule has 0 radical (unpaired) electrons. The van der Waals surface area contributed by atoms with Crippen LogP contribution in [0.5, 0.6) is 0 Å². The highest BCUT2D eigenvalue weighted by molar-refractivity contribution is 7.90. The first-order valence-electron chi connectivity index (χ1n) is 8.47. The molecular formula is C19H16F3N3O4S. The van der Waals surface area contributed by atoms with Crippen LogP contribution in [0, 0.1) is 28.8 Å². The van der Waals surface area contributed by atoms with E-state index in [0.717, 1.165) is 0 Å². The monoisotopic (exact) mass is 439 g/mol. The van der Waals surface area contributed by atoms with Crippen molar-refractivity contribution in [3.8, 4) is 6.07 Å². The molecule has 2 aromatic rings. The summed E-state index contributed by atoms with van der Waals surface area (Å²) in [5, 5.41) is 13.0. The van der Waals surface area contributed by atoms with Gasteiger partial charge in [-0.1, -0.05) is 18.2 Å². The van der Waals surface area contributed by atoms with E-state index in [1.165, 1.54) is 12.1 Å². The van der Waals surface area contributed by atoms with Gasteiger partial charge in [-0.25, -0.2) is 21.6 Å². The summed E-state index contributed by atoms with van der Waals surface area (Å²) in [6.07, 6.45) is 0. The maximum atomic E-state index is 13.8. The lowest BCUT2D eigenvalue weighted by molar-refractivity contribution is -0.122. The predicted octanol–water partition coefficient (Wildman–Crippen LogP) is 1.46. The first kappa shape index (κ1) is 22.9. The number of amides is 2. The summed E-state index contributed by atoms with van der Waals surface area (Å²) < 4.78 is 65.4. The topological polar surface area (TPSA) is 116 Å². The van der Waals surface area contributed by atoms with E-state index in [9.17, 15) is 31.2 Å². The average molecular weight is 439 g/mol. The van der Waals surface area contributed by atoms with E-state index in [2.05, 4.69) is 10.6 Å². The standard InChI is InChI=1S/C19H16F3N3O4S/c20-14-8-13(17(22)15(21)9-14)10-30(28,29)11-16(19(27)24-7-6-23)25-18(26)12-4-2-1-3-5-12/h1-5,8-9,16H,7,10-11H2,(H,24,27)(H,25,26)/t16-/m0/s1.